The summed E-state index contributed by atoms with van der Waals surface area (Å²) < 4.78 is 11.8. The molecule has 3 atom stereocenters. The van der Waals surface area contributed by atoms with E-state index in [-0.39, 0.29) is 11.9 Å². The Hall–Kier alpha value is -0.910. The Balaban J connectivity index is 4.49. The predicted molar refractivity (Wildman–Crippen MR) is 67.2 cm³/mol. The van der Waals surface area contributed by atoms with E-state index < -0.39 is 27.3 Å². The van der Waals surface area contributed by atoms with Gasteiger partial charge in [0.2, 0.25) is 5.91 Å². The Morgan fingerprint density at radius 2 is 1.65 bits per heavy atom. The minimum Gasteiger partial charge on any atom is -0.480 e. The molecule has 0 radical (unpaired) electrons. The van der Waals surface area contributed by atoms with Crippen LogP contribution in [-0.4, -0.2) is 37.7 Å². The van der Waals surface area contributed by atoms with Crippen LogP contribution in [-0.2, 0) is 20.4 Å². The maximum Gasteiger partial charge on any atom is 0.319 e. The Morgan fingerprint density at radius 1 is 1.18 bits per heavy atom. The average molecular weight is 263 g/mol. The summed E-state index contributed by atoms with van der Waals surface area (Å²) in [6.45, 7) is 6.75. The molecule has 0 aliphatic carbocycles. The molecule has 0 aliphatic heterocycles. The van der Waals surface area contributed by atoms with Crippen molar-refractivity contribution in [1.82, 2.24) is 5.32 Å². The van der Waals surface area contributed by atoms with Crippen LogP contribution >= 0.6 is 0 Å². The normalized spacial score (nSPS) is 16.3. The van der Waals surface area contributed by atoms with E-state index in [2.05, 4.69) is 5.32 Å². The lowest BCUT2D eigenvalue weighted by Gasteiger charge is -2.19. The van der Waals surface area contributed by atoms with Crippen molar-refractivity contribution < 1.29 is 18.9 Å². The summed E-state index contributed by atoms with van der Waals surface area (Å²) in [7, 11) is -1.70. The molecule has 0 aromatic heterocycles. The Kier molecular flexibility index (Phi) is 7.03. The summed E-state index contributed by atoms with van der Waals surface area (Å²) in [5.41, 5.74) is 0. The van der Waals surface area contributed by atoms with Gasteiger partial charge >= 0.3 is 5.97 Å². The Labute approximate surface area is 104 Å². The molecule has 0 spiro atoms. The molecule has 0 heterocycles. The number of aliphatic carboxylic acids is 1. The number of hydrogen-bond donors (Lipinski definition) is 2. The van der Waals surface area contributed by atoms with Gasteiger partial charge in [-0.15, -0.1) is 0 Å². The van der Waals surface area contributed by atoms with Crippen molar-refractivity contribution in [3.63, 3.8) is 0 Å². The number of carboxylic acid groups (broad SMARTS) is 1. The van der Waals surface area contributed by atoms with Crippen LogP contribution in [0.4, 0.5) is 0 Å². The molecule has 3 unspecified atom stereocenters. The summed E-state index contributed by atoms with van der Waals surface area (Å²) in [4.78, 5) is 22.4. The first kappa shape index (κ1) is 16.1. The summed E-state index contributed by atoms with van der Waals surface area (Å²) in [5.74, 6) is -1.49. The molecule has 17 heavy (non-hydrogen) atoms. The van der Waals surface area contributed by atoms with E-state index in [1.165, 1.54) is 13.8 Å². The third-order valence-corrected chi connectivity index (χ3v) is 4.56. The molecule has 6 heteroatoms. The first-order valence-corrected chi connectivity index (χ1v) is 7.05. The fourth-order valence-corrected chi connectivity index (χ4v) is 2.41. The second-order valence-corrected chi connectivity index (χ2v) is 6.04. The highest BCUT2D eigenvalue weighted by molar-refractivity contribution is 7.87. The zero-order valence-corrected chi connectivity index (χ0v) is 11.5. The largest absolute Gasteiger partial charge is 0.480 e. The quantitative estimate of drug-likeness (QED) is 0.715. The Morgan fingerprint density at radius 3 is 2.00 bits per heavy atom. The topological polar surface area (TPSA) is 83.5 Å². The van der Waals surface area contributed by atoms with E-state index in [4.69, 9.17) is 5.11 Å². The third kappa shape index (κ3) is 4.85. The minimum atomic E-state index is -1.70. The van der Waals surface area contributed by atoms with Gasteiger partial charge in [-0.1, -0.05) is 13.8 Å². The molecule has 0 bridgehead atoms. The highest BCUT2D eigenvalue weighted by atomic mass is 32.2. The first-order chi connectivity index (χ1) is 7.84. The van der Waals surface area contributed by atoms with E-state index in [1.54, 1.807) is 0 Å². The molecular weight excluding hydrogens is 242 g/mol. The SMILES string of the molecule is CCC(CC)NC(=O)C(C)S(=O)C(C)C(=O)O. The maximum atomic E-state index is 11.8. The standard InChI is InChI=1S/C11H21NO4S/c1-5-9(6-2)12-10(13)7(3)17(16)8(4)11(14)15/h7-9H,5-6H2,1-4H3,(H,12,13)(H,14,15). The van der Waals surface area contributed by atoms with Gasteiger partial charge in [-0.3, -0.25) is 13.8 Å². The molecule has 100 valence electrons. The lowest BCUT2D eigenvalue weighted by atomic mass is 10.2. The predicted octanol–water partition coefficient (Wildman–Crippen LogP) is 0.901. The van der Waals surface area contributed by atoms with Crippen molar-refractivity contribution in [2.24, 2.45) is 0 Å². The molecule has 0 rings (SSSR count). The maximum absolute atomic E-state index is 11.8. The molecule has 0 aromatic carbocycles. The van der Waals surface area contributed by atoms with Crippen LogP contribution in [0, 0.1) is 0 Å². The third-order valence-electron chi connectivity index (χ3n) is 2.75. The minimum absolute atomic E-state index is 0.0575. The molecule has 0 fully saturated rings. The molecule has 0 aromatic rings. The van der Waals surface area contributed by atoms with Gasteiger partial charge in [0.15, 0.2) is 0 Å². The van der Waals surface area contributed by atoms with Crippen LogP contribution in [0.15, 0.2) is 0 Å². The van der Waals surface area contributed by atoms with Gasteiger partial charge in [0, 0.05) is 16.8 Å². The molecule has 5 nitrogen and oxygen atoms in total. The number of carbonyl (C=O) groups excluding carboxylic acids is 1. The van der Waals surface area contributed by atoms with Crippen LogP contribution in [0.2, 0.25) is 0 Å². The first-order valence-electron chi connectivity index (χ1n) is 5.77. The molecule has 0 aliphatic rings. The van der Waals surface area contributed by atoms with Gasteiger partial charge in [-0.25, -0.2) is 0 Å². The van der Waals surface area contributed by atoms with Gasteiger partial charge in [-0.05, 0) is 26.7 Å². The van der Waals surface area contributed by atoms with Crippen LogP contribution < -0.4 is 5.32 Å². The highest BCUT2D eigenvalue weighted by Crippen LogP contribution is 2.06. The second-order valence-electron chi connectivity index (χ2n) is 3.97. The van der Waals surface area contributed by atoms with E-state index in [0.29, 0.717) is 0 Å². The monoisotopic (exact) mass is 263 g/mol. The van der Waals surface area contributed by atoms with Crippen molar-refractivity contribution in [1.29, 1.82) is 0 Å². The molecule has 2 N–H and O–H groups in total. The van der Waals surface area contributed by atoms with E-state index in [9.17, 15) is 13.8 Å². The van der Waals surface area contributed by atoms with Crippen molar-refractivity contribution in [3.8, 4) is 0 Å². The van der Waals surface area contributed by atoms with Gasteiger partial charge < -0.3 is 10.4 Å². The van der Waals surface area contributed by atoms with Gasteiger partial charge in [0.05, 0.1) is 0 Å². The number of amides is 1. The van der Waals surface area contributed by atoms with Crippen LogP contribution in [0.1, 0.15) is 40.5 Å². The summed E-state index contributed by atoms with van der Waals surface area (Å²) >= 11 is 0. The van der Waals surface area contributed by atoms with E-state index >= 15 is 0 Å². The molecule has 1 amide bonds. The number of carbonyl (C=O) groups is 2. The zero-order chi connectivity index (χ0) is 13.6. The Bertz CT molecular complexity index is 302. The lowest BCUT2D eigenvalue weighted by Crippen LogP contribution is -2.44. The second kappa shape index (κ2) is 7.42. The summed E-state index contributed by atoms with van der Waals surface area (Å²) in [6.07, 6.45) is 1.60. The summed E-state index contributed by atoms with van der Waals surface area (Å²) in [5, 5.41) is 9.66. The van der Waals surface area contributed by atoms with Crippen molar-refractivity contribution in [3.05, 3.63) is 0 Å². The number of nitrogens with one attached hydrogen (secondary N) is 1. The van der Waals surface area contributed by atoms with Crippen molar-refractivity contribution >= 4 is 22.7 Å². The number of rotatable bonds is 7. The van der Waals surface area contributed by atoms with E-state index in [0.717, 1.165) is 12.8 Å². The fourth-order valence-electron chi connectivity index (χ4n) is 1.32. The van der Waals surface area contributed by atoms with Crippen molar-refractivity contribution in [2.45, 2.75) is 57.1 Å². The summed E-state index contributed by atoms with van der Waals surface area (Å²) in [6, 6.07) is 0.0575. The fraction of sp³-hybridized carbons (Fsp3) is 0.818. The molecular formula is C11H21NO4S. The molecule has 0 saturated heterocycles. The van der Waals surface area contributed by atoms with Gasteiger partial charge in [0.1, 0.15) is 10.5 Å². The van der Waals surface area contributed by atoms with Gasteiger partial charge in [0.25, 0.3) is 0 Å². The smallest absolute Gasteiger partial charge is 0.319 e. The van der Waals surface area contributed by atoms with Gasteiger partial charge in [-0.2, -0.15) is 0 Å². The van der Waals surface area contributed by atoms with Crippen molar-refractivity contribution in [2.75, 3.05) is 0 Å². The van der Waals surface area contributed by atoms with Crippen LogP contribution in [0.5, 0.6) is 0 Å². The number of carboxylic acids is 1. The number of hydrogen-bond acceptors (Lipinski definition) is 3. The highest BCUT2D eigenvalue weighted by Gasteiger charge is 2.29. The van der Waals surface area contributed by atoms with Crippen LogP contribution in [0.3, 0.4) is 0 Å². The zero-order valence-electron chi connectivity index (χ0n) is 10.7. The average Bonchev–Trinajstić information content (AvgIpc) is 2.32. The van der Waals surface area contributed by atoms with E-state index in [1.807, 2.05) is 13.8 Å². The lowest BCUT2D eigenvalue weighted by molar-refractivity contribution is -0.136. The molecule has 0 saturated carbocycles. The van der Waals surface area contributed by atoms with Crippen LogP contribution in [0.25, 0.3) is 0 Å².